The molecular weight excluding hydrogens is 267 g/mol. The molecule has 2 aromatic rings. The van der Waals surface area contributed by atoms with E-state index in [1.165, 1.54) is 12.1 Å². The lowest BCUT2D eigenvalue weighted by molar-refractivity contribution is 0.299. The second-order valence-corrected chi connectivity index (χ2v) is 4.20. The summed E-state index contributed by atoms with van der Waals surface area (Å²) in [5, 5.41) is 17.6. The molecule has 0 saturated heterocycles. The predicted octanol–water partition coefficient (Wildman–Crippen LogP) is 3.84. The van der Waals surface area contributed by atoms with Crippen LogP contribution in [0.25, 0.3) is 6.08 Å². The van der Waals surface area contributed by atoms with Crippen LogP contribution >= 0.6 is 0 Å². The van der Waals surface area contributed by atoms with Gasteiger partial charge in [0.15, 0.2) is 0 Å². The van der Waals surface area contributed by atoms with Crippen LogP contribution in [0.1, 0.15) is 11.1 Å². The van der Waals surface area contributed by atoms with Crippen molar-refractivity contribution in [2.75, 3.05) is 0 Å². The summed E-state index contributed by atoms with van der Waals surface area (Å²) in [5.74, 6) is 0.156. The lowest BCUT2D eigenvalue weighted by atomic mass is 10.1. The monoisotopic (exact) mass is 278 g/mol. The number of para-hydroxylation sites is 1. The molecule has 102 valence electrons. The molecule has 0 radical (unpaired) electrons. The van der Waals surface area contributed by atoms with Gasteiger partial charge in [-0.1, -0.05) is 36.4 Å². The van der Waals surface area contributed by atoms with Gasteiger partial charge < -0.3 is 4.74 Å². The first kappa shape index (κ1) is 14.3. The van der Waals surface area contributed by atoms with Gasteiger partial charge in [-0.15, -0.1) is 0 Å². The molecule has 0 aromatic heterocycles. The minimum absolute atomic E-state index is 0.0167. The molecule has 0 amide bonds. The fourth-order valence-electron chi connectivity index (χ4n) is 1.75. The molecule has 0 heterocycles. The zero-order chi connectivity index (χ0) is 15.1. The van der Waals surface area contributed by atoms with E-state index in [0.717, 1.165) is 0 Å². The minimum Gasteiger partial charge on any atom is -0.488 e. The Kier molecular flexibility index (Phi) is 4.69. The summed E-state index contributed by atoms with van der Waals surface area (Å²) < 4.78 is 19.1. The molecule has 0 atom stereocenters. The molecule has 0 aliphatic heterocycles. The highest BCUT2D eigenvalue weighted by molar-refractivity contribution is 5.66. The average Bonchev–Trinajstić information content (AvgIpc) is 2.53. The number of allylic oxidation sites excluding steroid dienone is 1. The van der Waals surface area contributed by atoms with Crippen LogP contribution in [0, 0.1) is 28.5 Å². The van der Waals surface area contributed by atoms with Crippen molar-refractivity contribution in [3.05, 3.63) is 71.0 Å². The summed E-state index contributed by atoms with van der Waals surface area (Å²) in [4.78, 5) is 0. The first-order chi connectivity index (χ1) is 10.2. The Bertz CT molecular complexity index is 738. The highest BCUT2D eigenvalue weighted by Crippen LogP contribution is 2.22. The Morgan fingerprint density at radius 2 is 1.71 bits per heavy atom. The van der Waals surface area contributed by atoms with Crippen molar-refractivity contribution >= 4 is 6.08 Å². The quantitative estimate of drug-likeness (QED) is 0.798. The molecule has 2 aromatic carbocycles. The second-order valence-electron chi connectivity index (χ2n) is 4.20. The van der Waals surface area contributed by atoms with E-state index in [9.17, 15) is 4.39 Å². The van der Waals surface area contributed by atoms with Gasteiger partial charge in [0.2, 0.25) is 0 Å². The van der Waals surface area contributed by atoms with E-state index in [1.807, 2.05) is 0 Å². The number of nitrogens with zero attached hydrogens (tertiary/aromatic N) is 2. The van der Waals surface area contributed by atoms with Crippen LogP contribution in [-0.4, -0.2) is 0 Å². The van der Waals surface area contributed by atoms with E-state index in [4.69, 9.17) is 15.3 Å². The van der Waals surface area contributed by atoms with Crippen molar-refractivity contribution in [3.8, 4) is 17.9 Å². The third-order valence-corrected chi connectivity index (χ3v) is 2.80. The van der Waals surface area contributed by atoms with E-state index < -0.39 is 0 Å². The number of rotatable bonds is 4. The van der Waals surface area contributed by atoms with Crippen LogP contribution in [0.4, 0.5) is 4.39 Å². The van der Waals surface area contributed by atoms with Gasteiger partial charge in [0.05, 0.1) is 0 Å². The minimum atomic E-state index is -0.333. The molecule has 0 aliphatic rings. The molecule has 21 heavy (non-hydrogen) atoms. The summed E-state index contributed by atoms with van der Waals surface area (Å²) in [5.41, 5.74) is 1.03. The Morgan fingerprint density at radius 3 is 2.43 bits per heavy atom. The molecule has 0 fully saturated rings. The van der Waals surface area contributed by atoms with Crippen molar-refractivity contribution in [2.45, 2.75) is 6.61 Å². The van der Waals surface area contributed by atoms with Crippen LogP contribution in [-0.2, 0) is 6.61 Å². The molecule has 0 N–H and O–H groups in total. The van der Waals surface area contributed by atoms with Crippen molar-refractivity contribution in [1.82, 2.24) is 0 Å². The second kappa shape index (κ2) is 6.88. The Labute approximate surface area is 122 Å². The predicted molar refractivity (Wildman–Crippen MR) is 76.4 cm³/mol. The van der Waals surface area contributed by atoms with E-state index in [0.29, 0.717) is 16.9 Å². The molecule has 0 spiro atoms. The molecular formula is C17H11FN2O. The van der Waals surface area contributed by atoms with Crippen LogP contribution in [0.3, 0.4) is 0 Å². The molecule has 0 aliphatic carbocycles. The van der Waals surface area contributed by atoms with Gasteiger partial charge >= 0.3 is 0 Å². The summed E-state index contributed by atoms with van der Waals surface area (Å²) in [6.07, 6.45) is 1.44. The van der Waals surface area contributed by atoms with E-state index >= 15 is 0 Å². The topological polar surface area (TPSA) is 56.8 Å². The molecule has 0 unspecified atom stereocenters. The molecule has 0 bridgehead atoms. The van der Waals surface area contributed by atoms with Crippen LogP contribution in [0.5, 0.6) is 5.75 Å². The van der Waals surface area contributed by atoms with Gasteiger partial charge in [-0.2, -0.15) is 10.5 Å². The summed E-state index contributed by atoms with van der Waals surface area (Å²) in [6.45, 7) is 0.0754. The summed E-state index contributed by atoms with van der Waals surface area (Å²) in [7, 11) is 0. The Morgan fingerprint density at radius 1 is 1.05 bits per heavy atom. The molecule has 4 heteroatoms. The lowest BCUT2D eigenvalue weighted by Gasteiger charge is -2.09. The van der Waals surface area contributed by atoms with Crippen molar-refractivity contribution in [3.63, 3.8) is 0 Å². The first-order valence-corrected chi connectivity index (χ1v) is 6.21. The van der Waals surface area contributed by atoms with Gasteiger partial charge in [0.1, 0.15) is 35.9 Å². The largest absolute Gasteiger partial charge is 0.488 e. The fraction of sp³-hybridized carbons (Fsp3) is 0.0588. The van der Waals surface area contributed by atoms with Crippen molar-refractivity contribution < 1.29 is 9.13 Å². The lowest BCUT2D eigenvalue weighted by Crippen LogP contribution is -1.99. The first-order valence-electron chi connectivity index (χ1n) is 6.21. The zero-order valence-corrected chi connectivity index (χ0v) is 11.1. The van der Waals surface area contributed by atoms with Gasteiger partial charge in [-0.3, -0.25) is 0 Å². The van der Waals surface area contributed by atoms with E-state index in [2.05, 4.69) is 0 Å². The SMILES string of the molecule is N#CC(C#N)=Cc1ccccc1OCc1ccccc1F. The zero-order valence-electron chi connectivity index (χ0n) is 11.1. The molecule has 2 rings (SSSR count). The smallest absolute Gasteiger partial charge is 0.130 e. The standard InChI is InChI=1S/C17H11FN2O/c18-16-7-3-1-6-15(16)12-21-17-8-4-2-5-14(17)9-13(10-19)11-20/h1-9H,12H2. The summed E-state index contributed by atoms with van der Waals surface area (Å²) >= 11 is 0. The third kappa shape index (κ3) is 3.68. The highest BCUT2D eigenvalue weighted by Gasteiger charge is 2.05. The van der Waals surface area contributed by atoms with Crippen LogP contribution in [0.15, 0.2) is 54.1 Å². The van der Waals surface area contributed by atoms with Gasteiger partial charge in [0.25, 0.3) is 0 Å². The van der Waals surface area contributed by atoms with Gasteiger partial charge in [0, 0.05) is 11.1 Å². The highest BCUT2D eigenvalue weighted by atomic mass is 19.1. The Hall–Kier alpha value is -3.11. The van der Waals surface area contributed by atoms with Crippen LogP contribution in [0.2, 0.25) is 0 Å². The molecule has 3 nitrogen and oxygen atoms in total. The summed E-state index contributed by atoms with van der Waals surface area (Å²) in [6, 6.07) is 16.9. The maximum atomic E-state index is 13.5. The number of hydrogen-bond acceptors (Lipinski definition) is 3. The van der Waals surface area contributed by atoms with Gasteiger partial charge in [-0.05, 0) is 18.2 Å². The number of benzene rings is 2. The maximum absolute atomic E-state index is 13.5. The number of ether oxygens (including phenoxy) is 1. The van der Waals surface area contributed by atoms with E-state index in [-0.39, 0.29) is 18.0 Å². The fourth-order valence-corrected chi connectivity index (χ4v) is 1.75. The number of nitriles is 2. The third-order valence-electron chi connectivity index (χ3n) is 2.80. The average molecular weight is 278 g/mol. The van der Waals surface area contributed by atoms with Crippen LogP contribution < -0.4 is 4.74 Å². The molecule has 0 saturated carbocycles. The Balaban J connectivity index is 2.22. The van der Waals surface area contributed by atoms with Crippen molar-refractivity contribution in [1.29, 1.82) is 10.5 Å². The number of hydrogen-bond donors (Lipinski definition) is 0. The van der Waals surface area contributed by atoms with Crippen molar-refractivity contribution in [2.24, 2.45) is 0 Å². The van der Waals surface area contributed by atoms with E-state index in [1.54, 1.807) is 54.6 Å². The maximum Gasteiger partial charge on any atom is 0.130 e. The number of halogens is 1. The normalized spacial score (nSPS) is 9.29. The van der Waals surface area contributed by atoms with Gasteiger partial charge in [-0.25, -0.2) is 4.39 Å².